The van der Waals surface area contributed by atoms with E-state index in [0.29, 0.717) is 22.8 Å². The predicted octanol–water partition coefficient (Wildman–Crippen LogP) is 5.00. The van der Waals surface area contributed by atoms with E-state index in [-0.39, 0.29) is 18.0 Å². The van der Waals surface area contributed by atoms with Crippen LogP contribution in [0.5, 0.6) is 11.5 Å². The van der Waals surface area contributed by atoms with Crippen molar-refractivity contribution in [2.45, 2.75) is 32.7 Å². The first-order chi connectivity index (χ1) is 15.3. The normalized spacial score (nSPS) is 13.5. The molecule has 0 fully saturated rings. The number of hydrogen-bond acceptors (Lipinski definition) is 4. The molecule has 0 bridgehead atoms. The summed E-state index contributed by atoms with van der Waals surface area (Å²) in [4.78, 5) is 0.441. The summed E-state index contributed by atoms with van der Waals surface area (Å²) in [6.45, 7) is 7.22. The van der Waals surface area contributed by atoms with Gasteiger partial charge in [-0.25, -0.2) is 0 Å². The summed E-state index contributed by atoms with van der Waals surface area (Å²) in [7, 11) is 0. The van der Waals surface area contributed by atoms with Crippen LogP contribution in [0.2, 0.25) is 0 Å². The zero-order chi connectivity index (χ0) is 22.7. The van der Waals surface area contributed by atoms with Gasteiger partial charge in [-0.2, -0.15) is 4.57 Å². The Labute approximate surface area is 193 Å². The standard InChI is InChI=1S/C26H26N2O3S/c1-26(2,3)20-10-8-19(9-11-20)24(29)23(28-13-5-4-6-14-28)25(32)27-16-18-7-12-21-22(15-18)31-17-30-21/h4-15H,16-17H2,1-3H3,(H-,27,29,32)/p+1. The summed E-state index contributed by atoms with van der Waals surface area (Å²) in [5.74, 6) is 1.59. The van der Waals surface area contributed by atoms with Gasteiger partial charge >= 0.3 is 0 Å². The summed E-state index contributed by atoms with van der Waals surface area (Å²) < 4.78 is 12.6. The molecule has 1 aliphatic rings. The van der Waals surface area contributed by atoms with Crippen molar-refractivity contribution < 1.29 is 19.1 Å². The van der Waals surface area contributed by atoms with Crippen LogP contribution in [0.4, 0.5) is 0 Å². The molecule has 1 aliphatic heterocycles. The molecule has 0 saturated heterocycles. The Kier molecular flexibility index (Phi) is 6.15. The lowest BCUT2D eigenvalue weighted by atomic mass is 9.86. The maximum absolute atomic E-state index is 11.2. The Morgan fingerprint density at radius 2 is 1.69 bits per heavy atom. The molecular formula is C26H27N2O3S+. The zero-order valence-electron chi connectivity index (χ0n) is 18.5. The molecule has 0 atom stereocenters. The molecule has 0 amide bonds. The third kappa shape index (κ3) is 4.75. The number of aliphatic hydroxyl groups excluding tert-OH is 1. The lowest BCUT2D eigenvalue weighted by Crippen LogP contribution is -2.40. The molecule has 6 heteroatoms. The van der Waals surface area contributed by atoms with Gasteiger partial charge in [-0.1, -0.05) is 69.4 Å². The van der Waals surface area contributed by atoms with E-state index < -0.39 is 0 Å². The van der Waals surface area contributed by atoms with Crippen LogP contribution in [0.1, 0.15) is 37.5 Å². The number of aromatic nitrogens is 1. The molecular weight excluding hydrogens is 420 g/mol. The number of benzene rings is 2. The van der Waals surface area contributed by atoms with Crippen LogP contribution in [0.15, 0.2) is 73.1 Å². The van der Waals surface area contributed by atoms with Crippen LogP contribution in [-0.2, 0) is 12.0 Å². The number of rotatable bonds is 5. The van der Waals surface area contributed by atoms with Crippen molar-refractivity contribution in [1.29, 1.82) is 0 Å². The van der Waals surface area contributed by atoms with Crippen LogP contribution in [0.3, 0.4) is 0 Å². The van der Waals surface area contributed by atoms with Gasteiger partial charge in [-0.15, -0.1) is 0 Å². The number of ether oxygens (including phenoxy) is 2. The second-order valence-electron chi connectivity index (χ2n) is 8.68. The average molecular weight is 448 g/mol. The molecule has 164 valence electrons. The first kappa shape index (κ1) is 21.8. The summed E-state index contributed by atoms with van der Waals surface area (Å²) in [6.07, 6.45) is 3.73. The van der Waals surface area contributed by atoms with E-state index in [1.165, 1.54) is 5.56 Å². The van der Waals surface area contributed by atoms with Crippen LogP contribution in [0.25, 0.3) is 11.5 Å². The monoisotopic (exact) mass is 447 g/mol. The van der Waals surface area contributed by atoms with Crippen molar-refractivity contribution in [2.24, 2.45) is 0 Å². The van der Waals surface area contributed by atoms with Crippen LogP contribution < -0.4 is 19.4 Å². The second kappa shape index (κ2) is 9.01. The molecule has 2 aromatic carbocycles. The molecule has 2 heterocycles. The molecule has 4 rings (SSSR count). The Morgan fingerprint density at radius 1 is 1.00 bits per heavy atom. The van der Waals surface area contributed by atoms with Gasteiger partial charge in [-0.3, -0.25) is 0 Å². The van der Waals surface area contributed by atoms with E-state index in [9.17, 15) is 5.11 Å². The van der Waals surface area contributed by atoms with Gasteiger partial charge in [0.05, 0.1) is 0 Å². The van der Waals surface area contributed by atoms with Crippen molar-refractivity contribution >= 4 is 28.7 Å². The lowest BCUT2D eigenvalue weighted by molar-refractivity contribution is -0.576. The molecule has 0 saturated carbocycles. The average Bonchev–Trinajstić information content (AvgIpc) is 3.26. The topological polar surface area (TPSA) is 54.6 Å². The molecule has 1 aromatic heterocycles. The first-order valence-corrected chi connectivity index (χ1v) is 10.9. The Morgan fingerprint density at radius 3 is 2.38 bits per heavy atom. The molecule has 0 radical (unpaired) electrons. The van der Waals surface area contributed by atoms with E-state index in [2.05, 4.69) is 26.1 Å². The highest BCUT2D eigenvalue weighted by molar-refractivity contribution is 7.81. The molecule has 2 N–H and O–H groups in total. The van der Waals surface area contributed by atoms with Gasteiger partial charge < -0.3 is 19.9 Å². The third-order valence-corrected chi connectivity index (χ3v) is 5.67. The van der Waals surface area contributed by atoms with Crippen LogP contribution in [-0.4, -0.2) is 16.9 Å². The van der Waals surface area contributed by atoms with Gasteiger partial charge in [0, 0.05) is 24.2 Å². The largest absolute Gasteiger partial charge is 0.502 e. The van der Waals surface area contributed by atoms with E-state index in [1.54, 1.807) is 0 Å². The Hall–Kier alpha value is -3.38. The fourth-order valence-electron chi connectivity index (χ4n) is 3.48. The number of fused-ring (bicyclic) bond motifs is 1. The minimum atomic E-state index is 0.0380. The van der Waals surface area contributed by atoms with Crippen molar-refractivity contribution in [3.05, 3.63) is 89.7 Å². The van der Waals surface area contributed by atoms with E-state index >= 15 is 0 Å². The van der Waals surface area contributed by atoms with Gasteiger partial charge in [0.1, 0.15) is 0 Å². The summed E-state index contributed by atoms with van der Waals surface area (Å²) in [5, 5.41) is 14.5. The molecule has 0 spiro atoms. The highest BCUT2D eigenvalue weighted by Crippen LogP contribution is 2.32. The quantitative estimate of drug-likeness (QED) is 0.249. The highest BCUT2D eigenvalue weighted by atomic mass is 32.1. The van der Waals surface area contributed by atoms with Crippen LogP contribution in [0, 0.1) is 0 Å². The second-order valence-corrected chi connectivity index (χ2v) is 9.09. The number of thiocarbonyl (C=S) groups is 1. The molecule has 3 aromatic rings. The summed E-state index contributed by atoms with van der Waals surface area (Å²) in [6, 6.07) is 19.5. The molecule has 0 unspecified atom stereocenters. The summed E-state index contributed by atoms with van der Waals surface area (Å²) >= 11 is 5.71. The number of pyridine rings is 1. The van der Waals surface area contributed by atoms with E-state index in [4.69, 9.17) is 21.7 Å². The summed E-state index contributed by atoms with van der Waals surface area (Å²) in [5.41, 5.74) is 3.46. The Balaban J connectivity index is 1.62. The van der Waals surface area contributed by atoms with Crippen molar-refractivity contribution in [3.63, 3.8) is 0 Å². The van der Waals surface area contributed by atoms with Gasteiger partial charge in [0.2, 0.25) is 6.79 Å². The Bertz CT molecular complexity index is 1150. The van der Waals surface area contributed by atoms with Crippen LogP contribution >= 0.6 is 12.2 Å². The lowest BCUT2D eigenvalue weighted by Gasteiger charge is -2.19. The third-order valence-electron chi connectivity index (χ3n) is 5.33. The maximum atomic E-state index is 11.2. The first-order valence-electron chi connectivity index (χ1n) is 10.5. The fraction of sp³-hybridized carbons (Fsp3) is 0.231. The van der Waals surface area contributed by atoms with Crippen molar-refractivity contribution in [1.82, 2.24) is 5.32 Å². The maximum Gasteiger partial charge on any atom is 0.287 e. The zero-order valence-corrected chi connectivity index (χ0v) is 19.3. The van der Waals surface area contributed by atoms with Gasteiger partial charge in [-0.05, 0) is 28.7 Å². The smallest absolute Gasteiger partial charge is 0.287 e. The van der Waals surface area contributed by atoms with Gasteiger partial charge in [0.25, 0.3) is 5.70 Å². The molecule has 5 nitrogen and oxygen atoms in total. The number of aliphatic hydroxyl groups is 1. The molecule has 32 heavy (non-hydrogen) atoms. The van der Waals surface area contributed by atoms with Gasteiger partial charge in [0.15, 0.2) is 34.6 Å². The van der Waals surface area contributed by atoms with E-state index in [0.717, 1.165) is 17.1 Å². The SMILES string of the molecule is CC(C)(C)c1ccc(/C(O)=C(/C(=S)NCc2ccc3c(c2)OCO3)[n+]2ccccc2)cc1. The number of nitrogens with one attached hydrogen (secondary N) is 1. The number of hydrogen-bond donors (Lipinski definition) is 2. The van der Waals surface area contributed by atoms with Crippen molar-refractivity contribution in [2.75, 3.05) is 6.79 Å². The minimum absolute atomic E-state index is 0.0380. The minimum Gasteiger partial charge on any atom is -0.502 e. The highest BCUT2D eigenvalue weighted by Gasteiger charge is 2.24. The number of nitrogens with zero attached hydrogens (tertiary/aromatic N) is 1. The van der Waals surface area contributed by atoms with E-state index in [1.807, 2.05) is 77.6 Å². The molecule has 0 aliphatic carbocycles. The van der Waals surface area contributed by atoms with Crippen molar-refractivity contribution in [3.8, 4) is 11.5 Å². The fourth-order valence-corrected chi connectivity index (χ4v) is 3.75. The predicted molar refractivity (Wildman–Crippen MR) is 130 cm³/mol.